The Hall–Kier alpha value is -0.610. The van der Waals surface area contributed by atoms with Crippen molar-refractivity contribution in [1.82, 2.24) is 10.6 Å². The lowest BCUT2D eigenvalue weighted by atomic mass is 10.1. The highest BCUT2D eigenvalue weighted by Gasteiger charge is 2.19. The van der Waals surface area contributed by atoms with Crippen LogP contribution in [0.5, 0.6) is 0 Å². The second-order valence-electron chi connectivity index (χ2n) is 4.77. The van der Waals surface area contributed by atoms with E-state index in [1.54, 1.807) is 0 Å². The van der Waals surface area contributed by atoms with Gasteiger partial charge in [0.15, 0.2) is 0 Å². The second kappa shape index (κ2) is 6.21. The Morgan fingerprint density at radius 1 is 1.38 bits per heavy atom. The lowest BCUT2D eigenvalue weighted by Gasteiger charge is -2.12. The van der Waals surface area contributed by atoms with Crippen molar-refractivity contribution in [1.29, 1.82) is 0 Å². The fraction of sp³-hybridized carbons (Fsp3) is 0.917. The van der Waals surface area contributed by atoms with Gasteiger partial charge in [-0.2, -0.15) is 0 Å². The molecule has 16 heavy (non-hydrogen) atoms. The first kappa shape index (κ1) is 11.9. The van der Waals surface area contributed by atoms with Gasteiger partial charge in [-0.1, -0.05) is 0 Å². The highest BCUT2D eigenvalue weighted by molar-refractivity contribution is 5.76. The number of amides is 1. The van der Waals surface area contributed by atoms with Crippen LogP contribution in [0.25, 0.3) is 0 Å². The second-order valence-corrected chi connectivity index (χ2v) is 4.77. The summed E-state index contributed by atoms with van der Waals surface area (Å²) in [6, 6.07) is 0.614. The Morgan fingerprint density at radius 3 is 3.00 bits per heavy atom. The molecule has 0 aromatic heterocycles. The number of hydrogen-bond acceptors (Lipinski definition) is 3. The van der Waals surface area contributed by atoms with Gasteiger partial charge in [-0.05, 0) is 38.6 Å². The van der Waals surface area contributed by atoms with E-state index in [0.717, 1.165) is 39.0 Å². The van der Waals surface area contributed by atoms with Crippen LogP contribution in [0.1, 0.15) is 38.5 Å². The minimum atomic E-state index is 0.143. The Morgan fingerprint density at radius 2 is 2.31 bits per heavy atom. The maximum atomic E-state index is 11.6. The third-order valence-electron chi connectivity index (χ3n) is 3.41. The Kier molecular flexibility index (Phi) is 4.60. The molecular weight excluding hydrogens is 204 g/mol. The van der Waals surface area contributed by atoms with Crippen LogP contribution < -0.4 is 10.6 Å². The predicted octanol–water partition coefficient (Wildman–Crippen LogP) is 0.814. The molecule has 0 bridgehead atoms. The first-order valence-corrected chi connectivity index (χ1v) is 6.46. The standard InChI is InChI=1S/C12H22N2O2/c15-12(9-11-4-2-8-16-11)14-7-5-10-3-1-6-13-10/h10-11,13H,1-9H2,(H,14,15). The van der Waals surface area contributed by atoms with Crippen molar-refractivity contribution in [2.45, 2.75) is 50.7 Å². The summed E-state index contributed by atoms with van der Waals surface area (Å²) in [7, 11) is 0. The molecule has 92 valence electrons. The van der Waals surface area contributed by atoms with Crippen molar-refractivity contribution >= 4 is 5.91 Å². The summed E-state index contributed by atoms with van der Waals surface area (Å²) >= 11 is 0. The van der Waals surface area contributed by atoms with Gasteiger partial charge >= 0.3 is 0 Å². The Balaban J connectivity index is 1.52. The molecule has 2 atom stereocenters. The summed E-state index contributed by atoms with van der Waals surface area (Å²) in [5, 5.41) is 6.40. The molecule has 2 saturated heterocycles. The molecule has 0 radical (unpaired) electrons. The van der Waals surface area contributed by atoms with Gasteiger partial charge in [0.25, 0.3) is 0 Å². The molecule has 1 amide bonds. The summed E-state index contributed by atoms with van der Waals surface area (Å²) in [5.74, 6) is 0.143. The van der Waals surface area contributed by atoms with Crippen molar-refractivity contribution < 1.29 is 9.53 Å². The molecule has 0 aromatic rings. The van der Waals surface area contributed by atoms with Crippen LogP contribution in [0.15, 0.2) is 0 Å². The van der Waals surface area contributed by atoms with Crippen molar-refractivity contribution in [3.63, 3.8) is 0 Å². The first-order valence-electron chi connectivity index (χ1n) is 6.46. The third-order valence-corrected chi connectivity index (χ3v) is 3.41. The normalized spacial score (nSPS) is 29.5. The summed E-state index contributed by atoms with van der Waals surface area (Å²) < 4.78 is 5.43. The lowest BCUT2D eigenvalue weighted by molar-refractivity contribution is -0.123. The van der Waals surface area contributed by atoms with Crippen LogP contribution in [-0.2, 0) is 9.53 Å². The van der Waals surface area contributed by atoms with E-state index in [2.05, 4.69) is 10.6 Å². The summed E-state index contributed by atoms with van der Waals surface area (Å²) in [6.07, 6.45) is 6.43. The first-order chi connectivity index (χ1) is 7.84. The molecule has 4 nitrogen and oxygen atoms in total. The van der Waals surface area contributed by atoms with E-state index < -0.39 is 0 Å². The number of hydrogen-bond donors (Lipinski definition) is 2. The van der Waals surface area contributed by atoms with Crippen LogP contribution in [-0.4, -0.2) is 37.7 Å². The molecule has 2 unspecified atom stereocenters. The summed E-state index contributed by atoms with van der Waals surface area (Å²) in [5.41, 5.74) is 0. The highest BCUT2D eigenvalue weighted by Crippen LogP contribution is 2.15. The zero-order valence-corrected chi connectivity index (χ0v) is 9.84. The van der Waals surface area contributed by atoms with E-state index in [1.807, 2.05) is 0 Å². The van der Waals surface area contributed by atoms with Crippen LogP contribution in [0.3, 0.4) is 0 Å². The number of ether oxygens (including phenoxy) is 1. The molecule has 2 fully saturated rings. The van der Waals surface area contributed by atoms with Crippen molar-refractivity contribution in [3.05, 3.63) is 0 Å². The molecule has 2 N–H and O–H groups in total. The average Bonchev–Trinajstić information content (AvgIpc) is 2.90. The fourth-order valence-electron chi connectivity index (χ4n) is 2.47. The number of carbonyl (C=O) groups is 1. The van der Waals surface area contributed by atoms with Crippen molar-refractivity contribution in [3.8, 4) is 0 Å². The fourth-order valence-corrected chi connectivity index (χ4v) is 2.47. The topological polar surface area (TPSA) is 50.4 Å². The molecular formula is C12H22N2O2. The molecule has 0 aliphatic carbocycles. The van der Waals surface area contributed by atoms with E-state index in [-0.39, 0.29) is 12.0 Å². The summed E-state index contributed by atoms with van der Waals surface area (Å²) in [6.45, 7) is 2.75. The van der Waals surface area contributed by atoms with Gasteiger partial charge in [0.2, 0.25) is 5.91 Å². The minimum Gasteiger partial charge on any atom is -0.378 e. The monoisotopic (exact) mass is 226 g/mol. The van der Waals surface area contributed by atoms with Gasteiger partial charge in [-0.25, -0.2) is 0 Å². The zero-order chi connectivity index (χ0) is 11.2. The van der Waals surface area contributed by atoms with E-state index in [4.69, 9.17) is 4.74 Å². The van der Waals surface area contributed by atoms with Gasteiger partial charge < -0.3 is 15.4 Å². The van der Waals surface area contributed by atoms with Crippen LogP contribution in [0.4, 0.5) is 0 Å². The largest absolute Gasteiger partial charge is 0.378 e. The highest BCUT2D eigenvalue weighted by atomic mass is 16.5. The van der Waals surface area contributed by atoms with Gasteiger partial charge in [-0.15, -0.1) is 0 Å². The SMILES string of the molecule is O=C(CC1CCCO1)NCCC1CCCN1. The molecule has 2 aliphatic heterocycles. The number of nitrogens with one attached hydrogen (secondary N) is 2. The molecule has 0 aromatic carbocycles. The maximum Gasteiger partial charge on any atom is 0.222 e. The predicted molar refractivity (Wildman–Crippen MR) is 62.2 cm³/mol. The minimum absolute atomic E-state index is 0.143. The van der Waals surface area contributed by atoms with Gasteiger partial charge in [0.1, 0.15) is 0 Å². The zero-order valence-electron chi connectivity index (χ0n) is 9.84. The van der Waals surface area contributed by atoms with Crippen molar-refractivity contribution in [2.24, 2.45) is 0 Å². The van der Waals surface area contributed by atoms with Crippen LogP contribution >= 0.6 is 0 Å². The quantitative estimate of drug-likeness (QED) is 0.729. The third kappa shape index (κ3) is 3.76. The lowest BCUT2D eigenvalue weighted by Crippen LogP contribution is -2.32. The molecule has 0 spiro atoms. The Labute approximate surface area is 97.1 Å². The smallest absolute Gasteiger partial charge is 0.222 e. The molecule has 2 aliphatic rings. The molecule has 2 rings (SSSR count). The van der Waals surface area contributed by atoms with Gasteiger partial charge in [-0.3, -0.25) is 4.79 Å². The molecule has 4 heteroatoms. The van der Waals surface area contributed by atoms with Gasteiger partial charge in [0, 0.05) is 19.2 Å². The molecule has 2 heterocycles. The van der Waals surface area contributed by atoms with Crippen LogP contribution in [0.2, 0.25) is 0 Å². The van der Waals surface area contributed by atoms with E-state index >= 15 is 0 Å². The molecule has 0 saturated carbocycles. The average molecular weight is 226 g/mol. The maximum absolute atomic E-state index is 11.6. The summed E-state index contributed by atoms with van der Waals surface area (Å²) in [4.78, 5) is 11.6. The van der Waals surface area contributed by atoms with Crippen LogP contribution in [0, 0.1) is 0 Å². The van der Waals surface area contributed by atoms with E-state index in [0.29, 0.717) is 12.5 Å². The van der Waals surface area contributed by atoms with Crippen molar-refractivity contribution in [2.75, 3.05) is 19.7 Å². The number of carbonyl (C=O) groups excluding carboxylic acids is 1. The van der Waals surface area contributed by atoms with Gasteiger partial charge in [0.05, 0.1) is 12.5 Å². The van der Waals surface area contributed by atoms with E-state index in [1.165, 1.54) is 12.8 Å². The van der Waals surface area contributed by atoms with E-state index in [9.17, 15) is 4.79 Å². The Bertz CT molecular complexity index is 221. The number of rotatable bonds is 5.